The van der Waals surface area contributed by atoms with Gasteiger partial charge in [-0.15, -0.1) is 0 Å². The number of methoxy groups -OCH3 is 1. The number of alkyl halides is 2. The van der Waals surface area contributed by atoms with Crippen LogP contribution in [0.2, 0.25) is 5.02 Å². The second-order valence-electron chi connectivity index (χ2n) is 9.82. The molecule has 0 aliphatic heterocycles. The fraction of sp³-hybridized carbons (Fsp3) is 0.259. The molecule has 1 aliphatic carbocycles. The summed E-state index contributed by atoms with van der Waals surface area (Å²) >= 11 is 5.95. The standard InChI is InChI=1S/C27H23ClF3N5O5S/c1-14(24(37)34-23-10-27(23,30)31)12-36-13-33-20-5-3-15(7-18(20)26(36)38)16-8-21(25(41-2)32-11-16)35-42(39,40)22-6-4-17(29)9-19(22)28/h3-9,11,13-14,23,35H,10,12H2,1-2H3,(H,34,37)/t14-,23?/m0/s1. The largest absolute Gasteiger partial charge is 0.480 e. The van der Waals surface area contributed by atoms with Crippen LogP contribution in [0.15, 0.2) is 64.7 Å². The molecular weight excluding hydrogens is 599 g/mol. The summed E-state index contributed by atoms with van der Waals surface area (Å²) in [5, 5.41) is 2.17. The third-order valence-corrected chi connectivity index (χ3v) is 8.54. The van der Waals surface area contributed by atoms with E-state index in [4.69, 9.17) is 16.3 Å². The first-order valence-electron chi connectivity index (χ1n) is 12.5. The van der Waals surface area contributed by atoms with Crippen molar-refractivity contribution in [3.63, 3.8) is 0 Å². The lowest BCUT2D eigenvalue weighted by Gasteiger charge is -2.15. The lowest BCUT2D eigenvalue weighted by atomic mass is 10.0. The molecule has 15 heteroatoms. The summed E-state index contributed by atoms with van der Waals surface area (Å²) in [6.45, 7) is 1.44. The first-order chi connectivity index (χ1) is 19.8. The molecule has 2 atom stereocenters. The zero-order valence-corrected chi connectivity index (χ0v) is 23.6. The number of anilines is 1. The van der Waals surface area contributed by atoms with Crippen molar-refractivity contribution in [3.05, 3.63) is 76.2 Å². The average Bonchev–Trinajstić information content (AvgIpc) is 3.54. The highest BCUT2D eigenvalue weighted by molar-refractivity contribution is 7.92. The number of ether oxygens (including phenoxy) is 1. The van der Waals surface area contributed by atoms with Crippen LogP contribution in [0.5, 0.6) is 5.88 Å². The van der Waals surface area contributed by atoms with E-state index in [0.717, 1.165) is 18.2 Å². The van der Waals surface area contributed by atoms with E-state index in [9.17, 15) is 31.2 Å². The van der Waals surface area contributed by atoms with Gasteiger partial charge in [0.1, 0.15) is 16.4 Å². The SMILES string of the molecule is COc1ncc(-c2ccc3ncn(C[C@H](C)C(=O)NC4CC4(F)F)c(=O)c3c2)cc1NS(=O)(=O)c1ccc(F)cc1Cl. The Labute approximate surface area is 242 Å². The average molecular weight is 622 g/mol. The number of pyridine rings is 1. The molecule has 1 amide bonds. The maximum absolute atomic E-state index is 13.5. The number of carbonyl (C=O) groups excluding carboxylic acids is 1. The number of fused-ring (bicyclic) bond motifs is 1. The highest BCUT2D eigenvalue weighted by atomic mass is 35.5. The fourth-order valence-corrected chi connectivity index (χ4v) is 5.85. The van der Waals surface area contributed by atoms with E-state index in [1.807, 2.05) is 0 Å². The van der Waals surface area contributed by atoms with Crippen molar-refractivity contribution in [3.8, 4) is 17.0 Å². The van der Waals surface area contributed by atoms with E-state index in [1.165, 1.54) is 43.3 Å². The van der Waals surface area contributed by atoms with Gasteiger partial charge in [-0.1, -0.05) is 24.6 Å². The normalized spacial score (nSPS) is 16.6. The maximum Gasteiger partial charge on any atom is 0.270 e. The molecule has 0 saturated heterocycles. The van der Waals surface area contributed by atoms with Crippen LogP contribution in [0.3, 0.4) is 0 Å². The Balaban J connectivity index is 1.44. The minimum absolute atomic E-state index is 0.0415. The second kappa shape index (κ2) is 10.9. The Morgan fingerprint density at radius 2 is 1.93 bits per heavy atom. The number of aromatic nitrogens is 3. The third kappa shape index (κ3) is 5.90. The van der Waals surface area contributed by atoms with E-state index >= 15 is 0 Å². The van der Waals surface area contributed by atoms with Gasteiger partial charge in [-0.25, -0.2) is 31.6 Å². The number of halogens is 4. The number of nitrogens with one attached hydrogen (secondary N) is 2. The molecule has 2 N–H and O–H groups in total. The van der Waals surface area contributed by atoms with Gasteiger partial charge in [-0.3, -0.25) is 18.9 Å². The maximum atomic E-state index is 13.5. The summed E-state index contributed by atoms with van der Waals surface area (Å²) in [4.78, 5) is 33.7. The van der Waals surface area contributed by atoms with Crippen molar-refractivity contribution < 1.29 is 31.1 Å². The van der Waals surface area contributed by atoms with Gasteiger partial charge in [0.15, 0.2) is 0 Å². The lowest BCUT2D eigenvalue weighted by Crippen LogP contribution is -2.37. The minimum atomic E-state index is -4.27. The van der Waals surface area contributed by atoms with Crippen LogP contribution < -0.4 is 20.3 Å². The van der Waals surface area contributed by atoms with Crippen LogP contribution in [0.1, 0.15) is 13.3 Å². The Morgan fingerprint density at radius 1 is 1.19 bits per heavy atom. The Kier molecular flexibility index (Phi) is 7.62. The molecule has 0 radical (unpaired) electrons. The van der Waals surface area contributed by atoms with Gasteiger partial charge < -0.3 is 10.1 Å². The van der Waals surface area contributed by atoms with Gasteiger partial charge in [0, 0.05) is 24.7 Å². The predicted octanol–water partition coefficient (Wildman–Crippen LogP) is 4.22. The van der Waals surface area contributed by atoms with E-state index in [1.54, 1.807) is 12.1 Å². The van der Waals surface area contributed by atoms with Gasteiger partial charge in [0.2, 0.25) is 11.8 Å². The summed E-state index contributed by atoms with van der Waals surface area (Å²) in [6.07, 6.45) is 2.29. The second-order valence-corrected chi connectivity index (χ2v) is 11.9. The molecule has 1 fully saturated rings. The van der Waals surface area contributed by atoms with Crippen molar-refractivity contribution in [1.29, 1.82) is 0 Å². The first kappa shape index (κ1) is 29.3. The van der Waals surface area contributed by atoms with E-state index in [0.29, 0.717) is 16.6 Å². The number of hydrogen-bond acceptors (Lipinski definition) is 7. The van der Waals surface area contributed by atoms with Gasteiger partial charge >= 0.3 is 0 Å². The highest BCUT2D eigenvalue weighted by Crippen LogP contribution is 2.41. The van der Waals surface area contributed by atoms with Crippen LogP contribution in [-0.2, 0) is 21.4 Å². The zero-order valence-electron chi connectivity index (χ0n) is 22.1. The Hall–Kier alpha value is -4.17. The van der Waals surface area contributed by atoms with Crippen LogP contribution >= 0.6 is 11.6 Å². The number of nitrogens with zero attached hydrogens (tertiary/aromatic N) is 3. The van der Waals surface area contributed by atoms with Gasteiger partial charge in [0.25, 0.3) is 21.5 Å². The Morgan fingerprint density at radius 3 is 2.60 bits per heavy atom. The number of rotatable bonds is 9. The van der Waals surface area contributed by atoms with Crippen molar-refractivity contribution in [1.82, 2.24) is 19.9 Å². The van der Waals surface area contributed by atoms with Crippen molar-refractivity contribution in [2.45, 2.75) is 36.7 Å². The summed E-state index contributed by atoms with van der Waals surface area (Å²) in [6, 6.07) is 7.89. The van der Waals surface area contributed by atoms with Crippen molar-refractivity contribution in [2.75, 3.05) is 11.8 Å². The molecule has 42 heavy (non-hydrogen) atoms. The predicted molar refractivity (Wildman–Crippen MR) is 149 cm³/mol. The van der Waals surface area contributed by atoms with Crippen LogP contribution in [0.25, 0.3) is 22.0 Å². The van der Waals surface area contributed by atoms with E-state index < -0.39 is 51.6 Å². The number of sulfonamides is 1. The molecule has 1 saturated carbocycles. The minimum Gasteiger partial charge on any atom is -0.480 e. The van der Waals surface area contributed by atoms with E-state index in [2.05, 4.69) is 20.0 Å². The van der Waals surface area contributed by atoms with Crippen LogP contribution in [-0.4, -0.2) is 47.9 Å². The molecule has 1 unspecified atom stereocenters. The molecule has 220 valence electrons. The number of carbonyl (C=O) groups is 1. The summed E-state index contributed by atoms with van der Waals surface area (Å²) < 4.78 is 74.6. The summed E-state index contributed by atoms with van der Waals surface area (Å²) in [7, 11) is -2.98. The first-order valence-corrected chi connectivity index (χ1v) is 14.3. The summed E-state index contributed by atoms with van der Waals surface area (Å²) in [5.41, 5.74) is 0.750. The van der Waals surface area contributed by atoms with Crippen LogP contribution in [0.4, 0.5) is 18.9 Å². The smallest absolute Gasteiger partial charge is 0.270 e. The Bertz CT molecular complexity index is 1890. The molecule has 2 heterocycles. The van der Waals surface area contributed by atoms with Crippen molar-refractivity contribution in [2.24, 2.45) is 5.92 Å². The molecule has 2 aromatic carbocycles. The molecule has 2 aromatic heterocycles. The van der Waals surface area contributed by atoms with Gasteiger partial charge in [0.05, 0.1) is 41.3 Å². The molecule has 0 spiro atoms. The van der Waals surface area contributed by atoms with Crippen molar-refractivity contribution >= 4 is 44.1 Å². The molecule has 4 aromatic rings. The third-order valence-electron chi connectivity index (χ3n) is 6.69. The number of benzene rings is 2. The van der Waals surface area contributed by atoms with Gasteiger partial charge in [-0.2, -0.15) is 0 Å². The quantitative estimate of drug-likeness (QED) is 0.286. The number of amides is 1. The topological polar surface area (TPSA) is 132 Å². The fourth-order valence-electron chi connectivity index (χ4n) is 4.27. The zero-order chi connectivity index (χ0) is 30.4. The van der Waals surface area contributed by atoms with Gasteiger partial charge in [-0.05, 0) is 42.0 Å². The molecular formula is C27H23ClF3N5O5S. The molecule has 10 nitrogen and oxygen atoms in total. The molecule has 0 bridgehead atoms. The molecule has 1 aliphatic rings. The molecule has 5 rings (SSSR count). The lowest BCUT2D eigenvalue weighted by molar-refractivity contribution is -0.125. The number of hydrogen-bond donors (Lipinski definition) is 2. The van der Waals surface area contributed by atoms with Crippen LogP contribution in [0, 0.1) is 11.7 Å². The monoisotopic (exact) mass is 621 g/mol. The highest BCUT2D eigenvalue weighted by Gasteiger charge is 2.58. The van der Waals surface area contributed by atoms with E-state index in [-0.39, 0.29) is 33.4 Å². The summed E-state index contributed by atoms with van der Waals surface area (Å²) in [5.74, 6) is -5.04.